The summed E-state index contributed by atoms with van der Waals surface area (Å²) >= 11 is 0. The van der Waals surface area contributed by atoms with Gasteiger partial charge in [-0.15, -0.1) is 5.10 Å². The van der Waals surface area contributed by atoms with E-state index < -0.39 is 29.3 Å². The van der Waals surface area contributed by atoms with E-state index in [0.717, 1.165) is 0 Å². The van der Waals surface area contributed by atoms with Crippen LogP contribution in [0.1, 0.15) is 25.1 Å². The van der Waals surface area contributed by atoms with Gasteiger partial charge in [0.1, 0.15) is 41.5 Å². The maximum atomic E-state index is 14.8. The molecule has 1 fully saturated rings. The zero-order valence-electron chi connectivity index (χ0n) is 15.5. The van der Waals surface area contributed by atoms with E-state index in [4.69, 9.17) is 10.5 Å². The molecule has 0 saturated carbocycles. The van der Waals surface area contributed by atoms with Crippen molar-refractivity contribution in [2.24, 2.45) is 10.9 Å². The Morgan fingerprint density at radius 1 is 1.54 bits per heavy atom. The molecule has 0 aliphatic carbocycles. The molecule has 2 atom stereocenters. The molecule has 11 heteroatoms. The Balaban J connectivity index is 1.96. The molecular weight excluding hydrogens is 371 g/mol. The first-order valence-electron chi connectivity index (χ1n) is 8.32. The summed E-state index contributed by atoms with van der Waals surface area (Å²) in [5.41, 5.74) is 5.43. The summed E-state index contributed by atoms with van der Waals surface area (Å²) in [6.07, 6.45) is -0.0160. The van der Waals surface area contributed by atoms with Crippen molar-refractivity contribution in [2.45, 2.75) is 25.4 Å². The van der Waals surface area contributed by atoms with Crippen molar-refractivity contribution in [3.05, 3.63) is 41.5 Å². The van der Waals surface area contributed by atoms with Gasteiger partial charge in [0.25, 0.3) is 0 Å². The first-order chi connectivity index (χ1) is 13.3. The van der Waals surface area contributed by atoms with Crippen LogP contribution in [0.4, 0.5) is 9.18 Å². The number of carbonyl (C=O) groups is 2. The van der Waals surface area contributed by atoms with E-state index >= 15 is 0 Å². The number of ether oxygens (including phenoxy) is 1. The standard InChI is InChI=1S/C17H19FN6O4/c1-9(22-27-3)12-8-24(23-21-12)13-5-4-10(6-11(13)18)17(2,15(19)25)14-7-20-16(26)28-14/h4-6,8,14H,7H2,1-3H3,(H2,19,25)(H,20,26). The lowest BCUT2D eigenvalue weighted by molar-refractivity contribution is -0.126. The van der Waals surface area contributed by atoms with Gasteiger partial charge in [0.15, 0.2) is 0 Å². The van der Waals surface area contributed by atoms with Crippen LogP contribution in [-0.4, -0.2) is 52.5 Å². The van der Waals surface area contributed by atoms with Crippen LogP contribution >= 0.6 is 0 Å². The summed E-state index contributed by atoms with van der Waals surface area (Å²) in [7, 11) is 1.40. The zero-order chi connectivity index (χ0) is 20.5. The van der Waals surface area contributed by atoms with Gasteiger partial charge in [-0.05, 0) is 31.5 Å². The lowest BCUT2D eigenvalue weighted by atomic mass is 9.76. The van der Waals surface area contributed by atoms with E-state index in [1.54, 1.807) is 6.92 Å². The van der Waals surface area contributed by atoms with E-state index in [1.165, 1.54) is 43.1 Å². The Hall–Kier alpha value is -3.50. The number of nitrogens with one attached hydrogen (secondary N) is 1. The Bertz CT molecular complexity index is 959. The first kappa shape index (κ1) is 19.3. The van der Waals surface area contributed by atoms with Gasteiger partial charge in [0.2, 0.25) is 5.91 Å². The largest absolute Gasteiger partial charge is 0.443 e. The fourth-order valence-corrected chi connectivity index (χ4v) is 2.94. The molecule has 10 nitrogen and oxygen atoms in total. The van der Waals surface area contributed by atoms with Crippen LogP contribution in [0, 0.1) is 5.82 Å². The number of cyclic esters (lactones) is 1. The van der Waals surface area contributed by atoms with E-state index in [9.17, 15) is 14.0 Å². The second kappa shape index (κ2) is 7.25. The van der Waals surface area contributed by atoms with Gasteiger partial charge in [-0.2, -0.15) is 0 Å². The summed E-state index contributed by atoms with van der Waals surface area (Å²) in [6.45, 7) is 3.27. The van der Waals surface area contributed by atoms with E-state index in [1.807, 2.05) is 0 Å². The summed E-state index contributed by atoms with van der Waals surface area (Å²) in [6, 6.07) is 4.15. The highest BCUT2D eigenvalue weighted by Gasteiger charge is 2.47. The van der Waals surface area contributed by atoms with Gasteiger partial charge in [0.05, 0.1) is 12.7 Å². The Morgan fingerprint density at radius 3 is 2.86 bits per heavy atom. The Kier molecular flexibility index (Phi) is 4.99. The molecule has 3 N–H and O–H groups in total. The minimum absolute atomic E-state index is 0.0895. The molecule has 1 aromatic heterocycles. The second-order valence-corrected chi connectivity index (χ2v) is 6.42. The number of benzene rings is 1. The molecule has 1 aromatic carbocycles. The molecule has 2 amide bonds. The van der Waals surface area contributed by atoms with Crippen LogP contribution in [0.2, 0.25) is 0 Å². The molecule has 1 aliphatic rings. The van der Waals surface area contributed by atoms with Gasteiger partial charge in [-0.25, -0.2) is 13.9 Å². The van der Waals surface area contributed by atoms with Crippen molar-refractivity contribution in [3.8, 4) is 5.69 Å². The first-order valence-corrected chi connectivity index (χ1v) is 8.32. The molecule has 148 valence electrons. The third kappa shape index (κ3) is 3.26. The number of nitrogens with zero attached hydrogens (tertiary/aromatic N) is 4. The lowest BCUT2D eigenvalue weighted by Crippen LogP contribution is -2.49. The lowest BCUT2D eigenvalue weighted by Gasteiger charge is -2.31. The number of amides is 2. The number of hydrogen-bond acceptors (Lipinski definition) is 7. The zero-order valence-corrected chi connectivity index (χ0v) is 15.5. The third-order valence-corrected chi connectivity index (χ3v) is 4.72. The molecule has 2 unspecified atom stereocenters. The third-order valence-electron chi connectivity index (χ3n) is 4.72. The molecule has 0 radical (unpaired) electrons. The predicted molar refractivity (Wildman–Crippen MR) is 95.4 cm³/mol. The number of hydrogen-bond donors (Lipinski definition) is 2. The van der Waals surface area contributed by atoms with Crippen molar-refractivity contribution >= 4 is 17.7 Å². The van der Waals surface area contributed by atoms with Gasteiger partial charge in [-0.3, -0.25) is 4.79 Å². The molecular formula is C17H19FN6O4. The van der Waals surface area contributed by atoms with Crippen molar-refractivity contribution in [1.82, 2.24) is 20.3 Å². The van der Waals surface area contributed by atoms with E-state index in [2.05, 4.69) is 25.6 Å². The highest BCUT2D eigenvalue weighted by atomic mass is 19.1. The summed E-state index contributed by atoms with van der Waals surface area (Å²) in [5, 5.41) is 14.0. The summed E-state index contributed by atoms with van der Waals surface area (Å²) in [4.78, 5) is 28.2. The van der Waals surface area contributed by atoms with Crippen LogP contribution in [0.5, 0.6) is 0 Å². The van der Waals surface area contributed by atoms with Crippen LogP contribution in [-0.2, 0) is 19.8 Å². The fourth-order valence-electron chi connectivity index (χ4n) is 2.94. The Labute approximate surface area is 159 Å². The molecule has 1 saturated heterocycles. The highest BCUT2D eigenvalue weighted by Crippen LogP contribution is 2.32. The molecule has 0 bridgehead atoms. The Morgan fingerprint density at radius 2 is 2.29 bits per heavy atom. The smallest absolute Gasteiger partial charge is 0.407 e. The molecule has 2 heterocycles. The van der Waals surface area contributed by atoms with Crippen molar-refractivity contribution in [3.63, 3.8) is 0 Å². The molecule has 0 spiro atoms. The summed E-state index contributed by atoms with van der Waals surface area (Å²) in [5.74, 6) is -1.39. The normalized spacial score (nSPS) is 18.9. The SMILES string of the molecule is CON=C(C)c1cn(-c2ccc(C(C)(C(N)=O)C3CNC(=O)O3)cc2F)nn1. The molecule has 3 rings (SSSR count). The van der Waals surface area contributed by atoms with Crippen LogP contribution in [0.25, 0.3) is 5.69 Å². The molecule has 1 aliphatic heterocycles. The van der Waals surface area contributed by atoms with Gasteiger partial charge >= 0.3 is 6.09 Å². The number of rotatable bonds is 6. The number of oxime groups is 1. The number of carbonyl (C=O) groups excluding carboxylic acids is 2. The minimum Gasteiger partial charge on any atom is -0.443 e. The van der Waals surface area contributed by atoms with Gasteiger partial charge < -0.3 is 20.6 Å². The highest BCUT2D eigenvalue weighted by molar-refractivity contribution is 5.96. The molecule has 28 heavy (non-hydrogen) atoms. The average Bonchev–Trinajstić information content (AvgIpc) is 3.30. The van der Waals surface area contributed by atoms with Crippen LogP contribution in [0.15, 0.2) is 29.6 Å². The number of alkyl carbamates (subject to hydrolysis) is 1. The number of primary amides is 1. The van der Waals surface area contributed by atoms with Crippen molar-refractivity contribution < 1.29 is 23.6 Å². The quantitative estimate of drug-likeness (QED) is 0.549. The molecule has 2 aromatic rings. The van der Waals surface area contributed by atoms with E-state index in [0.29, 0.717) is 11.4 Å². The second-order valence-electron chi connectivity index (χ2n) is 6.42. The van der Waals surface area contributed by atoms with E-state index in [-0.39, 0.29) is 17.8 Å². The number of nitrogens with two attached hydrogens (primary N) is 1. The number of halogens is 1. The van der Waals surface area contributed by atoms with Crippen LogP contribution in [0.3, 0.4) is 0 Å². The van der Waals surface area contributed by atoms with Gasteiger partial charge in [-0.1, -0.05) is 16.4 Å². The predicted octanol–water partition coefficient (Wildman–Crippen LogP) is 0.628. The van der Waals surface area contributed by atoms with Crippen molar-refractivity contribution in [1.29, 1.82) is 0 Å². The maximum Gasteiger partial charge on any atom is 0.407 e. The van der Waals surface area contributed by atoms with Crippen molar-refractivity contribution in [2.75, 3.05) is 13.7 Å². The fraction of sp³-hybridized carbons (Fsp3) is 0.353. The maximum absolute atomic E-state index is 14.8. The minimum atomic E-state index is -1.41. The number of aromatic nitrogens is 3. The average molecular weight is 390 g/mol. The van der Waals surface area contributed by atoms with Gasteiger partial charge in [0, 0.05) is 0 Å². The monoisotopic (exact) mass is 390 g/mol. The summed E-state index contributed by atoms with van der Waals surface area (Å²) < 4.78 is 21.2. The van der Waals surface area contributed by atoms with Crippen LogP contribution < -0.4 is 11.1 Å². The topological polar surface area (TPSA) is 134 Å².